The first-order chi connectivity index (χ1) is 7.57. The van der Waals surface area contributed by atoms with Gasteiger partial charge in [0.25, 0.3) is 0 Å². The predicted octanol–water partition coefficient (Wildman–Crippen LogP) is -1.29. The molecule has 0 unspecified atom stereocenters. The van der Waals surface area contributed by atoms with Gasteiger partial charge in [-0.05, 0) is 12.8 Å². The van der Waals surface area contributed by atoms with Crippen molar-refractivity contribution in [2.75, 3.05) is 19.8 Å². The van der Waals surface area contributed by atoms with Crippen LogP contribution in [-0.4, -0.2) is 42.8 Å². The third-order valence-electron chi connectivity index (χ3n) is 1.82. The Bertz CT molecular complexity index is 234. The van der Waals surface area contributed by atoms with Crippen molar-refractivity contribution in [3.05, 3.63) is 0 Å². The van der Waals surface area contributed by atoms with Crippen LogP contribution in [0, 0.1) is 0 Å². The quantitative estimate of drug-likeness (QED) is 0.187. The summed E-state index contributed by atoms with van der Waals surface area (Å²) in [6.07, 6.45) is 1.51. The van der Waals surface area contributed by atoms with Gasteiger partial charge >= 0.3 is 5.97 Å². The van der Waals surface area contributed by atoms with Crippen LogP contribution < -0.4 is 17.2 Å². The average Bonchev–Trinajstić information content (AvgIpc) is 2.24. The average molecular weight is 269 g/mol. The lowest BCUT2D eigenvalue weighted by molar-refractivity contribution is -0.145. The van der Waals surface area contributed by atoms with Gasteiger partial charge in [0.15, 0.2) is 5.96 Å². The van der Waals surface area contributed by atoms with E-state index in [9.17, 15) is 4.79 Å². The Kier molecular flexibility index (Phi) is 12.3. The third-order valence-corrected chi connectivity index (χ3v) is 1.82. The van der Waals surface area contributed by atoms with E-state index in [0.717, 1.165) is 0 Å². The summed E-state index contributed by atoms with van der Waals surface area (Å²) >= 11 is 0. The lowest BCUT2D eigenvalue weighted by atomic mass is 10.2. The summed E-state index contributed by atoms with van der Waals surface area (Å²) in [5, 5.41) is 8.48. The molecule has 0 amide bonds. The van der Waals surface area contributed by atoms with Crippen molar-refractivity contribution >= 4 is 24.3 Å². The van der Waals surface area contributed by atoms with Crippen molar-refractivity contribution in [1.82, 2.24) is 0 Å². The zero-order valence-corrected chi connectivity index (χ0v) is 10.5. The molecule has 0 aliphatic carbocycles. The number of nitrogens with two attached hydrogens (primary N) is 3. The normalized spacial score (nSPS) is 11.2. The highest BCUT2D eigenvalue weighted by atomic mass is 35.5. The van der Waals surface area contributed by atoms with E-state index in [1.165, 1.54) is 0 Å². The fraction of sp³-hybridized carbons (Fsp3) is 0.778. The summed E-state index contributed by atoms with van der Waals surface area (Å²) in [7, 11) is 0. The van der Waals surface area contributed by atoms with Crippen LogP contribution >= 0.6 is 12.4 Å². The number of hydrogen-bond donors (Lipinski definition) is 4. The van der Waals surface area contributed by atoms with Crippen LogP contribution in [-0.2, 0) is 9.53 Å². The number of carbonyl (C=O) groups is 1. The molecule has 0 aromatic carbocycles. The molecular weight excluding hydrogens is 248 g/mol. The van der Waals surface area contributed by atoms with E-state index >= 15 is 0 Å². The summed E-state index contributed by atoms with van der Waals surface area (Å²) in [5.41, 5.74) is 15.8. The van der Waals surface area contributed by atoms with Gasteiger partial charge in [-0.3, -0.25) is 9.79 Å². The van der Waals surface area contributed by atoms with Crippen LogP contribution in [0.1, 0.15) is 19.3 Å². The molecule has 0 aliphatic heterocycles. The fourth-order valence-electron chi connectivity index (χ4n) is 0.982. The van der Waals surface area contributed by atoms with Crippen LogP contribution in [0.15, 0.2) is 4.99 Å². The number of carbonyl (C=O) groups excluding carboxylic acids is 1. The van der Waals surface area contributed by atoms with Gasteiger partial charge in [-0.25, -0.2) is 0 Å². The van der Waals surface area contributed by atoms with E-state index in [0.29, 0.717) is 25.8 Å². The Morgan fingerprint density at radius 1 is 1.35 bits per heavy atom. The molecule has 0 saturated heterocycles. The van der Waals surface area contributed by atoms with Crippen molar-refractivity contribution in [3.63, 3.8) is 0 Å². The van der Waals surface area contributed by atoms with Gasteiger partial charge in [0.1, 0.15) is 6.04 Å². The third kappa shape index (κ3) is 11.2. The van der Waals surface area contributed by atoms with E-state index in [1.54, 1.807) is 0 Å². The first kappa shape index (κ1) is 18.3. The van der Waals surface area contributed by atoms with Crippen LogP contribution in [0.4, 0.5) is 0 Å². The molecule has 102 valence electrons. The molecule has 0 aliphatic rings. The molecular formula is C9H21ClN4O3. The minimum Gasteiger partial charge on any atom is -0.464 e. The number of esters is 1. The molecule has 0 spiro atoms. The van der Waals surface area contributed by atoms with Crippen molar-refractivity contribution < 1.29 is 14.6 Å². The molecule has 7 N–H and O–H groups in total. The molecule has 0 aromatic heterocycles. The van der Waals surface area contributed by atoms with E-state index in [4.69, 9.17) is 27.0 Å². The second-order valence-electron chi connectivity index (χ2n) is 3.30. The largest absolute Gasteiger partial charge is 0.464 e. The second kappa shape index (κ2) is 11.4. The zero-order chi connectivity index (χ0) is 12.4. The molecule has 0 bridgehead atoms. The zero-order valence-electron chi connectivity index (χ0n) is 9.67. The molecule has 1 atom stereocenters. The van der Waals surface area contributed by atoms with Gasteiger partial charge in [0.05, 0.1) is 6.61 Å². The standard InChI is InChI=1S/C9H20N4O3.ClH/c10-7(3-1-4-13-9(11)12)8(15)16-6-2-5-14;/h7,14H,1-6,10H2,(H4,11,12,13);1H/t7-;/m0./s1. The summed E-state index contributed by atoms with van der Waals surface area (Å²) < 4.78 is 4.81. The van der Waals surface area contributed by atoms with E-state index < -0.39 is 12.0 Å². The minimum absolute atomic E-state index is 0. The molecule has 0 saturated carbocycles. The predicted molar refractivity (Wildman–Crippen MR) is 67.8 cm³/mol. The smallest absolute Gasteiger partial charge is 0.322 e. The van der Waals surface area contributed by atoms with Crippen LogP contribution in [0.5, 0.6) is 0 Å². The summed E-state index contributed by atoms with van der Waals surface area (Å²) in [6.45, 7) is 0.629. The number of aliphatic hydroxyl groups excluding tert-OH is 1. The monoisotopic (exact) mass is 268 g/mol. The highest BCUT2D eigenvalue weighted by molar-refractivity contribution is 5.85. The van der Waals surface area contributed by atoms with Gasteiger partial charge in [-0.2, -0.15) is 0 Å². The molecule has 8 heteroatoms. The fourth-order valence-corrected chi connectivity index (χ4v) is 0.982. The summed E-state index contributed by atoms with van der Waals surface area (Å²) in [4.78, 5) is 15.0. The maximum atomic E-state index is 11.2. The topological polar surface area (TPSA) is 137 Å². The lowest BCUT2D eigenvalue weighted by Gasteiger charge is -2.10. The van der Waals surface area contributed by atoms with Crippen LogP contribution in [0.2, 0.25) is 0 Å². The minimum atomic E-state index is -0.659. The number of aliphatic hydroxyl groups is 1. The van der Waals surface area contributed by atoms with Gasteiger partial charge in [-0.15, -0.1) is 12.4 Å². The number of halogens is 1. The Hall–Kier alpha value is -1.05. The first-order valence-electron chi connectivity index (χ1n) is 5.16. The maximum Gasteiger partial charge on any atom is 0.322 e. The molecule has 7 nitrogen and oxygen atoms in total. The number of hydrogen-bond acceptors (Lipinski definition) is 5. The number of ether oxygens (including phenoxy) is 1. The van der Waals surface area contributed by atoms with Crippen molar-refractivity contribution in [1.29, 1.82) is 0 Å². The second-order valence-corrected chi connectivity index (χ2v) is 3.30. The highest BCUT2D eigenvalue weighted by Gasteiger charge is 2.13. The number of rotatable bonds is 8. The van der Waals surface area contributed by atoms with Crippen molar-refractivity contribution in [2.24, 2.45) is 22.2 Å². The molecule has 0 fully saturated rings. The van der Waals surface area contributed by atoms with E-state index in [1.807, 2.05) is 0 Å². The van der Waals surface area contributed by atoms with Crippen molar-refractivity contribution in [2.45, 2.75) is 25.3 Å². The van der Waals surface area contributed by atoms with Gasteiger partial charge in [0.2, 0.25) is 0 Å². The number of aliphatic imine (C=N–C) groups is 1. The molecule has 0 rings (SSSR count). The lowest BCUT2D eigenvalue weighted by Crippen LogP contribution is -2.32. The molecule has 0 radical (unpaired) electrons. The van der Waals surface area contributed by atoms with Crippen molar-refractivity contribution in [3.8, 4) is 0 Å². The van der Waals surface area contributed by atoms with Gasteiger partial charge < -0.3 is 27.0 Å². The molecule has 0 aromatic rings. The molecule has 0 heterocycles. The summed E-state index contributed by atoms with van der Waals surface area (Å²) in [5.74, 6) is -0.433. The number of nitrogens with zero attached hydrogens (tertiary/aromatic N) is 1. The Labute approximate surface area is 107 Å². The Morgan fingerprint density at radius 3 is 2.53 bits per heavy atom. The van der Waals surface area contributed by atoms with E-state index in [2.05, 4.69) is 4.99 Å². The number of guanidine groups is 1. The van der Waals surface area contributed by atoms with Gasteiger partial charge in [-0.1, -0.05) is 0 Å². The molecule has 17 heavy (non-hydrogen) atoms. The highest BCUT2D eigenvalue weighted by Crippen LogP contribution is 1.98. The SMILES string of the molecule is Cl.NC(N)=NCCC[C@H](N)C(=O)OCCCO. The van der Waals surface area contributed by atoms with Gasteiger partial charge in [0, 0.05) is 19.6 Å². The Morgan fingerprint density at radius 2 is 2.00 bits per heavy atom. The van der Waals surface area contributed by atoms with E-state index in [-0.39, 0.29) is 31.6 Å². The van der Waals surface area contributed by atoms with Crippen LogP contribution in [0.3, 0.4) is 0 Å². The Balaban J connectivity index is 0. The summed E-state index contributed by atoms with van der Waals surface area (Å²) in [6, 6.07) is -0.659. The van der Waals surface area contributed by atoms with Crippen LogP contribution in [0.25, 0.3) is 0 Å². The first-order valence-corrected chi connectivity index (χ1v) is 5.16. The maximum absolute atomic E-state index is 11.2.